The molecule has 5 nitrogen and oxygen atoms in total. The highest BCUT2D eigenvalue weighted by Crippen LogP contribution is 2.32. The molecule has 0 aromatic heterocycles. The lowest BCUT2D eigenvalue weighted by molar-refractivity contribution is -0.150. The number of hydrogen-bond donors (Lipinski definition) is 1. The Morgan fingerprint density at radius 1 is 1.48 bits per heavy atom. The van der Waals surface area contributed by atoms with E-state index in [-0.39, 0.29) is 0 Å². The standard InChI is InChI=1S/C16H20N2O3/c1-16(15(19)20)5-7-18(8-6-16)11-12-3-4-13(10-17)14(9-12)21-2/h3-4,9H,5-8,11H2,1-2H3,(H,19,20). The van der Waals surface area contributed by atoms with Gasteiger partial charge in [0, 0.05) is 6.54 Å². The number of rotatable bonds is 4. The van der Waals surface area contributed by atoms with Gasteiger partial charge >= 0.3 is 5.97 Å². The number of carboxylic acid groups (broad SMARTS) is 1. The highest BCUT2D eigenvalue weighted by atomic mass is 16.5. The first kappa shape index (κ1) is 15.3. The first-order valence-corrected chi connectivity index (χ1v) is 7.01. The molecule has 1 aromatic rings. The summed E-state index contributed by atoms with van der Waals surface area (Å²) in [6, 6.07) is 7.66. The van der Waals surface area contributed by atoms with Crippen LogP contribution in [0.4, 0.5) is 0 Å². The third-order valence-electron chi connectivity index (χ3n) is 4.27. The fourth-order valence-corrected chi connectivity index (χ4v) is 2.60. The number of likely N-dealkylation sites (tertiary alicyclic amines) is 1. The zero-order valence-electron chi connectivity index (χ0n) is 12.4. The lowest BCUT2D eigenvalue weighted by Gasteiger charge is -2.36. The number of nitriles is 1. The zero-order chi connectivity index (χ0) is 15.5. The lowest BCUT2D eigenvalue weighted by atomic mass is 9.80. The fourth-order valence-electron chi connectivity index (χ4n) is 2.60. The van der Waals surface area contributed by atoms with Crippen molar-refractivity contribution in [2.75, 3.05) is 20.2 Å². The summed E-state index contributed by atoms with van der Waals surface area (Å²) in [6.45, 7) is 4.10. The molecule has 0 spiro atoms. The third kappa shape index (κ3) is 3.34. The van der Waals surface area contributed by atoms with Crippen molar-refractivity contribution >= 4 is 5.97 Å². The maximum Gasteiger partial charge on any atom is 0.309 e. The van der Waals surface area contributed by atoms with Crippen molar-refractivity contribution in [1.29, 1.82) is 5.26 Å². The normalized spacial score (nSPS) is 18.0. The van der Waals surface area contributed by atoms with Crippen LogP contribution in [0.25, 0.3) is 0 Å². The molecular formula is C16H20N2O3. The molecule has 0 saturated carbocycles. The van der Waals surface area contributed by atoms with Gasteiger partial charge in [-0.3, -0.25) is 9.69 Å². The van der Waals surface area contributed by atoms with Crippen molar-refractivity contribution < 1.29 is 14.6 Å². The first-order chi connectivity index (χ1) is 9.98. The number of aliphatic carboxylic acids is 1. The van der Waals surface area contributed by atoms with Gasteiger partial charge in [0.15, 0.2) is 0 Å². The molecule has 1 aliphatic heterocycles. The number of benzene rings is 1. The summed E-state index contributed by atoms with van der Waals surface area (Å²) in [4.78, 5) is 13.5. The van der Waals surface area contributed by atoms with Gasteiger partial charge in [-0.1, -0.05) is 6.07 Å². The summed E-state index contributed by atoms with van der Waals surface area (Å²) in [6.07, 6.45) is 1.32. The number of methoxy groups -OCH3 is 1. The molecule has 0 unspecified atom stereocenters. The van der Waals surface area contributed by atoms with Crippen molar-refractivity contribution in [2.45, 2.75) is 26.3 Å². The highest BCUT2D eigenvalue weighted by molar-refractivity contribution is 5.74. The number of carbonyl (C=O) groups is 1. The molecule has 1 N–H and O–H groups in total. The third-order valence-corrected chi connectivity index (χ3v) is 4.27. The van der Waals surface area contributed by atoms with Gasteiger partial charge in [-0.15, -0.1) is 0 Å². The molecule has 0 amide bonds. The van der Waals surface area contributed by atoms with E-state index in [1.807, 2.05) is 19.1 Å². The summed E-state index contributed by atoms with van der Waals surface area (Å²) >= 11 is 0. The van der Waals surface area contributed by atoms with E-state index in [1.165, 1.54) is 0 Å². The summed E-state index contributed by atoms with van der Waals surface area (Å²) in [7, 11) is 1.55. The Balaban J connectivity index is 2.01. The van der Waals surface area contributed by atoms with Crippen molar-refractivity contribution in [3.05, 3.63) is 29.3 Å². The van der Waals surface area contributed by atoms with Crippen molar-refractivity contribution in [3.8, 4) is 11.8 Å². The van der Waals surface area contributed by atoms with Crippen LogP contribution in [-0.2, 0) is 11.3 Å². The molecule has 1 heterocycles. The Bertz CT molecular complexity index is 569. The summed E-state index contributed by atoms with van der Waals surface area (Å²) in [5, 5.41) is 18.2. The average Bonchev–Trinajstić information content (AvgIpc) is 2.49. The minimum absolute atomic E-state index is 0.526. The van der Waals surface area contributed by atoms with E-state index < -0.39 is 11.4 Å². The molecule has 2 rings (SSSR count). The first-order valence-electron chi connectivity index (χ1n) is 7.01. The lowest BCUT2D eigenvalue weighted by Crippen LogP contribution is -2.42. The fraction of sp³-hybridized carbons (Fsp3) is 0.500. The average molecular weight is 288 g/mol. The van der Waals surface area contributed by atoms with Crippen LogP contribution in [-0.4, -0.2) is 36.2 Å². The van der Waals surface area contributed by atoms with Gasteiger partial charge in [0.05, 0.1) is 18.1 Å². The molecule has 5 heteroatoms. The Kier molecular flexibility index (Phi) is 4.49. The smallest absolute Gasteiger partial charge is 0.309 e. The van der Waals surface area contributed by atoms with Crippen LogP contribution in [0.5, 0.6) is 5.75 Å². The van der Waals surface area contributed by atoms with Crippen LogP contribution < -0.4 is 4.74 Å². The van der Waals surface area contributed by atoms with Crippen LogP contribution in [0.15, 0.2) is 18.2 Å². The second kappa shape index (κ2) is 6.15. The van der Waals surface area contributed by atoms with Gasteiger partial charge in [-0.25, -0.2) is 0 Å². The maximum atomic E-state index is 11.2. The summed E-state index contributed by atoms with van der Waals surface area (Å²) in [5.74, 6) is -0.121. The highest BCUT2D eigenvalue weighted by Gasteiger charge is 2.36. The van der Waals surface area contributed by atoms with Gasteiger partial charge < -0.3 is 9.84 Å². The summed E-state index contributed by atoms with van der Waals surface area (Å²) in [5.41, 5.74) is 1.00. The van der Waals surface area contributed by atoms with Crippen molar-refractivity contribution in [3.63, 3.8) is 0 Å². The number of ether oxygens (including phenoxy) is 1. The van der Waals surface area contributed by atoms with E-state index in [9.17, 15) is 9.90 Å². The van der Waals surface area contributed by atoms with Gasteiger partial charge in [-0.2, -0.15) is 5.26 Å². The Morgan fingerprint density at radius 3 is 2.67 bits per heavy atom. The Hall–Kier alpha value is -2.06. The van der Waals surface area contributed by atoms with Gasteiger partial charge in [0.25, 0.3) is 0 Å². The minimum Gasteiger partial charge on any atom is -0.495 e. The molecular weight excluding hydrogens is 268 g/mol. The van der Waals surface area contributed by atoms with Crippen LogP contribution in [0.1, 0.15) is 30.9 Å². The van der Waals surface area contributed by atoms with Crippen molar-refractivity contribution in [2.24, 2.45) is 5.41 Å². The SMILES string of the molecule is COc1cc(CN2CCC(C)(C(=O)O)CC2)ccc1C#N. The Morgan fingerprint density at radius 2 is 2.14 bits per heavy atom. The number of nitrogens with zero attached hydrogens (tertiary/aromatic N) is 2. The molecule has 0 aliphatic carbocycles. The van der Waals surface area contributed by atoms with E-state index in [0.29, 0.717) is 24.2 Å². The molecule has 1 aliphatic rings. The molecule has 21 heavy (non-hydrogen) atoms. The monoisotopic (exact) mass is 288 g/mol. The predicted molar refractivity (Wildman–Crippen MR) is 78.0 cm³/mol. The molecule has 0 radical (unpaired) electrons. The molecule has 1 fully saturated rings. The van der Waals surface area contributed by atoms with E-state index in [0.717, 1.165) is 25.2 Å². The number of hydrogen-bond acceptors (Lipinski definition) is 4. The predicted octanol–water partition coefficient (Wildman–Crippen LogP) is 2.25. The van der Waals surface area contributed by atoms with E-state index in [2.05, 4.69) is 11.0 Å². The molecule has 1 aromatic carbocycles. The van der Waals surface area contributed by atoms with Crippen LogP contribution >= 0.6 is 0 Å². The van der Waals surface area contributed by atoms with Crippen LogP contribution in [0.2, 0.25) is 0 Å². The molecule has 0 atom stereocenters. The van der Waals surface area contributed by atoms with Gasteiger partial charge in [-0.05, 0) is 50.6 Å². The Labute approximate surface area is 124 Å². The second-order valence-electron chi connectivity index (χ2n) is 5.79. The number of piperidine rings is 1. The molecule has 0 bridgehead atoms. The molecule has 112 valence electrons. The van der Waals surface area contributed by atoms with E-state index in [1.54, 1.807) is 13.2 Å². The van der Waals surface area contributed by atoms with E-state index >= 15 is 0 Å². The van der Waals surface area contributed by atoms with E-state index in [4.69, 9.17) is 10.00 Å². The summed E-state index contributed by atoms with van der Waals surface area (Å²) < 4.78 is 5.21. The maximum absolute atomic E-state index is 11.2. The van der Waals surface area contributed by atoms with Gasteiger partial charge in [0.2, 0.25) is 0 Å². The molecule has 1 saturated heterocycles. The number of carboxylic acids is 1. The zero-order valence-corrected chi connectivity index (χ0v) is 12.4. The second-order valence-corrected chi connectivity index (χ2v) is 5.79. The van der Waals surface area contributed by atoms with Crippen molar-refractivity contribution in [1.82, 2.24) is 4.90 Å². The minimum atomic E-state index is -0.706. The van der Waals surface area contributed by atoms with Crippen LogP contribution in [0, 0.1) is 16.7 Å². The van der Waals surface area contributed by atoms with Gasteiger partial charge in [0.1, 0.15) is 11.8 Å². The largest absolute Gasteiger partial charge is 0.495 e. The van der Waals surface area contributed by atoms with Crippen LogP contribution in [0.3, 0.4) is 0 Å². The topological polar surface area (TPSA) is 73.6 Å². The quantitative estimate of drug-likeness (QED) is 0.920.